The van der Waals surface area contributed by atoms with Gasteiger partial charge in [0.25, 0.3) is 0 Å². The van der Waals surface area contributed by atoms with Gasteiger partial charge in [0.1, 0.15) is 23.3 Å². The number of carbonyl (C=O) groups is 1. The number of benzene rings is 2. The third-order valence-electron chi connectivity index (χ3n) is 5.90. The van der Waals surface area contributed by atoms with E-state index < -0.39 is 41.4 Å². The third-order valence-corrected chi connectivity index (χ3v) is 6.71. The summed E-state index contributed by atoms with van der Waals surface area (Å²) in [5.74, 6) is 0.886. The van der Waals surface area contributed by atoms with E-state index in [0.717, 1.165) is 0 Å². The first-order chi connectivity index (χ1) is 17.9. The predicted molar refractivity (Wildman–Crippen MR) is 145 cm³/mol. The van der Waals surface area contributed by atoms with E-state index in [9.17, 15) is 22.5 Å². The number of nitrogens with one attached hydrogen (secondary N) is 3. The van der Waals surface area contributed by atoms with Gasteiger partial charge in [-0.3, -0.25) is 10.1 Å². The smallest absolute Gasteiger partial charge is 0.407 e. The van der Waals surface area contributed by atoms with Gasteiger partial charge in [-0.25, -0.2) is 0 Å². The van der Waals surface area contributed by atoms with Crippen molar-refractivity contribution in [3.8, 4) is 11.5 Å². The van der Waals surface area contributed by atoms with Crippen LogP contribution < -0.4 is 25.4 Å². The van der Waals surface area contributed by atoms with E-state index in [-0.39, 0.29) is 24.4 Å². The second-order valence-corrected chi connectivity index (χ2v) is 11.0. The molecule has 2 aromatic rings. The molecular formula is C27H38F3N3O4S. The lowest BCUT2D eigenvalue weighted by Crippen LogP contribution is -2.53. The predicted octanol–water partition coefficient (Wildman–Crippen LogP) is 4.68. The standard InChI is InChI=1S/C27H38F3N3O4S/c1-18(2)15-23(33-25(27(28,29)30)19-9-7-6-8-10-19)26(34)32-20(13-14-38(5)35)17-31-22-12-11-21(36-3)16-24(22)37-4/h6-12,16,18,20,23,25,31,33H,13-15,17H2,1-5H3,(H,32,34)/t20-,23-,25-,38?/m0/s1. The largest absolute Gasteiger partial charge is 0.617 e. The molecule has 2 aromatic carbocycles. The van der Waals surface area contributed by atoms with Crippen molar-refractivity contribution in [2.24, 2.45) is 5.92 Å². The van der Waals surface area contributed by atoms with E-state index in [1.165, 1.54) is 31.4 Å². The first kappa shape index (κ1) is 31.6. The molecule has 4 atom stereocenters. The van der Waals surface area contributed by atoms with Crippen LogP contribution in [0.2, 0.25) is 0 Å². The number of anilines is 1. The molecule has 0 spiro atoms. The lowest BCUT2D eigenvalue weighted by Gasteiger charge is -2.30. The summed E-state index contributed by atoms with van der Waals surface area (Å²) in [5.41, 5.74) is 0.691. The number of amides is 1. The van der Waals surface area contributed by atoms with Gasteiger partial charge in [-0.05, 0) is 30.0 Å². The van der Waals surface area contributed by atoms with Crippen LogP contribution in [-0.2, 0) is 16.0 Å². The highest BCUT2D eigenvalue weighted by molar-refractivity contribution is 7.90. The zero-order chi connectivity index (χ0) is 28.3. The maximum atomic E-state index is 14.0. The fourth-order valence-corrected chi connectivity index (χ4v) is 4.58. The summed E-state index contributed by atoms with van der Waals surface area (Å²) in [4.78, 5) is 13.4. The summed E-state index contributed by atoms with van der Waals surface area (Å²) in [7, 11) is 3.06. The topological polar surface area (TPSA) is 94.7 Å². The lowest BCUT2D eigenvalue weighted by molar-refractivity contribution is -0.161. The highest BCUT2D eigenvalue weighted by Gasteiger charge is 2.43. The number of carbonyl (C=O) groups excluding carboxylic acids is 1. The van der Waals surface area contributed by atoms with E-state index in [2.05, 4.69) is 16.0 Å². The van der Waals surface area contributed by atoms with Crippen LogP contribution in [0, 0.1) is 5.92 Å². The van der Waals surface area contributed by atoms with E-state index in [1.54, 1.807) is 37.6 Å². The molecule has 0 radical (unpaired) electrons. The quantitative estimate of drug-likeness (QED) is 0.276. The number of halogens is 3. The molecule has 0 aliphatic carbocycles. The van der Waals surface area contributed by atoms with Crippen LogP contribution in [0.1, 0.15) is 38.3 Å². The fourth-order valence-electron chi connectivity index (χ4n) is 3.96. The van der Waals surface area contributed by atoms with Gasteiger partial charge in [0.05, 0.1) is 38.2 Å². The number of hydrogen-bond acceptors (Lipinski definition) is 6. The number of methoxy groups -OCH3 is 2. The van der Waals surface area contributed by atoms with Crippen molar-refractivity contribution in [2.75, 3.05) is 38.1 Å². The van der Waals surface area contributed by atoms with E-state index >= 15 is 0 Å². The third kappa shape index (κ3) is 10.3. The minimum Gasteiger partial charge on any atom is -0.617 e. The average Bonchev–Trinajstić information content (AvgIpc) is 2.87. The molecule has 2 rings (SSSR count). The Kier molecular flexibility index (Phi) is 12.5. The monoisotopic (exact) mass is 557 g/mol. The van der Waals surface area contributed by atoms with Crippen molar-refractivity contribution in [1.82, 2.24) is 10.6 Å². The molecule has 0 heterocycles. The maximum Gasteiger partial charge on any atom is 0.407 e. The second-order valence-electron chi connectivity index (χ2n) is 9.45. The molecule has 212 valence electrons. The van der Waals surface area contributed by atoms with Gasteiger partial charge in [0.15, 0.2) is 0 Å². The Hall–Kier alpha value is -2.63. The van der Waals surface area contributed by atoms with Gasteiger partial charge < -0.3 is 24.7 Å². The Bertz CT molecular complexity index is 993. The Morgan fingerprint density at radius 2 is 1.76 bits per heavy atom. The van der Waals surface area contributed by atoms with Crippen LogP contribution in [0.5, 0.6) is 11.5 Å². The molecule has 0 aliphatic heterocycles. The zero-order valence-corrected chi connectivity index (χ0v) is 23.2. The number of hydrogen-bond donors (Lipinski definition) is 3. The van der Waals surface area contributed by atoms with Crippen molar-refractivity contribution in [1.29, 1.82) is 0 Å². The first-order valence-corrected chi connectivity index (χ1v) is 14.1. The SMILES string of the molecule is COc1ccc(NC[C@H](CC[S+](C)[O-])NC(=O)[C@H](CC(C)C)N[C@@H](c2ccccc2)C(F)(F)F)c(OC)c1. The van der Waals surface area contributed by atoms with Crippen LogP contribution in [-0.4, -0.2) is 61.5 Å². The van der Waals surface area contributed by atoms with E-state index in [0.29, 0.717) is 29.4 Å². The minimum absolute atomic E-state index is 0.0350. The Balaban J connectivity index is 2.22. The van der Waals surface area contributed by atoms with Crippen molar-refractivity contribution in [2.45, 2.75) is 51.0 Å². The molecule has 11 heteroatoms. The molecule has 1 unspecified atom stereocenters. The molecule has 0 aliphatic rings. The van der Waals surface area contributed by atoms with Crippen LogP contribution >= 0.6 is 0 Å². The summed E-state index contributed by atoms with van der Waals surface area (Å²) >= 11 is -1.11. The van der Waals surface area contributed by atoms with Crippen LogP contribution in [0.15, 0.2) is 48.5 Å². The highest BCUT2D eigenvalue weighted by Crippen LogP contribution is 2.33. The minimum atomic E-state index is -4.60. The van der Waals surface area contributed by atoms with Crippen molar-refractivity contribution >= 4 is 22.8 Å². The molecule has 0 bridgehead atoms. The lowest BCUT2D eigenvalue weighted by atomic mass is 9.99. The molecule has 7 nitrogen and oxygen atoms in total. The van der Waals surface area contributed by atoms with Crippen LogP contribution in [0.4, 0.5) is 18.9 Å². The van der Waals surface area contributed by atoms with Gasteiger partial charge in [0, 0.05) is 19.0 Å². The molecule has 0 aromatic heterocycles. The van der Waals surface area contributed by atoms with Gasteiger partial charge >= 0.3 is 6.18 Å². The fraction of sp³-hybridized carbons (Fsp3) is 0.519. The normalized spacial score (nSPS) is 14.9. The van der Waals surface area contributed by atoms with Gasteiger partial charge in [-0.1, -0.05) is 55.4 Å². The molecule has 0 saturated carbocycles. The number of ether oxygens (including phenoxy) is 2. The Morgan fingerprint density at radius 3 is 2.32 bits per heavy atom. The van der Waals surface area contributed by atoms with Crippen molar-refractivity contribution in [3.05, 3.63) is 54.1 Å². The highest BCUT2D eigenvalue weighted by atomic mass is 32.2. The number of rotatable bonds is 15. The second kappa shape index (κ2) is 15.1. The van der Waals surface area contributed by atoms with Crippen molar-refractivity contribution in [3.63, 3.8) is 0 Å². The summed E-state index contributed by atoms with van der Waals surface area (Å²) in [6.45, 7) is 3.95. The Labute approximate surface area is 226 Å². The van der Waals surface area contributed by atoms with Gasteiger partial charge in [-0.15, -0.1) is 0 Å². The first-order valence-electron chi connectivity index (χ1n) is 12.4. The number of alkyl halides is 3. The molecular weight excluding hydrogens is 519 g/mol. The van der Waals surface area contributed by atoms with Crippen LogP contribution in [0.25, 0.3) is 0 Å². The molecule has 0 saturated heterocycles. The van der Waals surface area contributed by atoms with Gasteiger partial charge in [-0.2, -0.15) is 13.2 Å². The zero-order valence-electron chi connectivity index (χ0n) is 22.4. The molecule has 3 N–H and O–H groups in total. The van der Waals surface area contributed by atoms with E-state index in [1.807, 2.05) is 13.8 Å². The summed E-state index contributed by atoms with van der Waals surface area (Å²) in [6, 6.07) is 9.14. The molecule has 1 amide bonds. The summed E-state index contributed by atoms with van der Waals surface area (Å²) in [6.07, 6.45) is -2.45. The molecule has 38 heavy (non-hydrogen) atoms. The summed E-state index contributed by atoms with van der Waals surface area (Å²) < 4.78 is 64.4. The summed E-state index contributed by atoms with van der Waals surface area (Å²) in [5, 5.41) is 8.67. The Morgan fingerprint density at radius 1 is 1.08 bits per heavy atom. The maximum absolute atomic E-state index is 14.0. The van der Waals surface area contributed by atoms with Crippen molar-refractivity contribution < 1.29 is 32.0 Å². The van der Waals surface area contributed by atoms with Crippen LogP contribution in [0.3, 0.4) is 0 Å². The average molecular weight is 558 g/mol. The molecule has 0 fully saturated rings. The van der Waals surface area contributed by atoms with Gasteiger partial charge in [0.2, 0.25) is 5.91 Å². The van der Waals surface area contributed by atoms with E-state index in [4.69, 9.17) is 9.47 Å².